The molecular weight excluding hydrogens is 321 g/mol. The summed E-state index contributed by atoms with van der Waals surface area (Å²) in [6, 6.07) is 12.9. The van der Waals surface area contributed by atoms with E-state index in [4.69, 9.17) is 27.9 Å². The van der Waals surface area contributed by atoms with Crippen LogP contribution in [0.5, 0.6) is 0 Å². The largest absolute Gasteiger partial charge is 0.459 e. The SMILES string of the molecule is CC(C(=O)OCc1ccccn1)c1ccc(C=C(Cl)Cl)cc1. The Morgan fingerprint density at radius 2 is 1.95 bits per heavy atom. The molecule has 1 heterocycles. The first kappa shape index (κ1) is 16.5. The predicted molar refractivity (Wildman–Crippen MR) is 88.6 cm³/mol. The van der Waals surface area contributed by atoms with E-state index in [2.05, 4.69) is 4.98 Å². The Kier molecular flexibility index (Phi) is 5.99. The molecule has 1 unspecified atom stereocenters. The third-order valence-electron chi connectivity index (χ3n) is 3.15. The number of hydrogen-bond donors (Lipinski definition) is 0. The Morgan fingerprint density at radius 3 is 2.55 bits per heavy atom. The molecule has 5 heteroatoms. The topological polar surface area (TPSA) is 39.2 Å². The minimum atomic E-state index is -0.354. The number of benzene rings is 1. The lowest BCUT2D eigenvalue weighted by molar-refractivity contribution is -0.146. The van der Waals surface area contributed by atoms with Crippen molar-refractivity contribution < 1.29 is 9.53 Å². The van der Waals surface area contributed by atoms with E-state index in [1.807, 2.05) is 42.5 Å². The zero-order valence-corrected chi connectivity index (χ0v) is 13.5. The molecule has 0 saturated carbocycles. The first-order valence-corrected chi connectivity index (χ1v) is 7.51. The lowest BCUT2D eigenvalue weighted by atomic mass is 10.00. The van der Waals surface area contributed by atoms with Crippen molar-refractivity contribution >= 4 is 35.2 Å². The van der Waals surface area contributed by atoms with Crippen molar-refractivity contribution in [3.05, 3.63) is 70.0 Å². The van der Waals surface area contributed by atoms with Crippen molar-refractivity contribution in [2.45, 2.75) is 19.4 Å². The highest BCUT2D eigenvalue weighted by atomic mass is 35.5. The summed E-state index contributed by atoms with van der Waals surface area (Å²) >= 11 is 11.2. The summed E-state index contributed by atoms with van der Waals surface area (Å²) in [7, 11) is 0. The highest BCUT2D eigenvalue weighted by Gasteiger charge is 2.16. The summed E-state index contributed by atoms with van der Waals surface area (Å²) in [5, 5.41) is 0. The average Bonchev–Trinajstić information content (AvgIpc) is 2.53. The van der Waals surface area contributed by atoms with Gasteiger partial charge >= 0.3 is 5.97 Å². The molecule has 1 aromatic heterocycles. The fourth-order valence-corrected chi connectivity index (χ4v) is 2.15. The van der Waals surface area contributed by atoms with Gasteiger partial charge in [-0.15, -0.1) is 0 Å². The summed E-state index contributed by atoms with van der Waals surface area (Å²) in [4.78, 5) is 16.2. The van der Waals surface area contributed by atoms with Crippen LogP contribution in [-0.4, -0.2) is 11.0 Å². The summed E-state index contributed by atoms with van der Waals surface area (Å²) in [5.41, 5.74) is 2.46. The second-order valence-corrected chi connectivity index (χ2v) is 5.76. The number of hydrogen-bond acceptors (Lipinski definition) is 3. The molecule has 0 N–H and O–H groups in total. The fourth-order valence-electron chi connectivity index (χ4n) is 1.90. The molecule has 0 aliphatic heterocycles. The van der Waals surface area contributed by atoms with Gasteiger partial charge in [-0.3, -0.25) is 9.78 Å². The molecule has 0 aliphatic rings. The Balaban J connectivity index is 1.96. The molecule has 114 valence electrons. The van der Waals surface area contributed by atoms with Crippen LogP contribution in [0, 0.1) is 0 Å². The van der Waals surface area contributed by atoms with Gasteiger partial charge in [0.2, 0.25) is 0 Å². The number of halogens is 2. The standard InChI is InChI=1S/C17H15Cl2NO2/c1-12(14-7-5-13(6-8-14)10-16(18)19)17(21)22-11-15-4-2-3-9-20-15/h2-10,12H,11H2,1H3. The normalized spacial score (nSPS) is 11.6. The molecule has 2 rings (SSSR count). The molecular formula is C17H15Cl2NO2. The molecule has 1 aromatic carbocycles. The summed E-state index contributed by atoms with van der Waals surface area (Å²) in [6.07, 6.45) is 3.30. The Labute approximate surface area is 139 Å². The Hall–Kier alpha value is -1.84. The van der Waals surface area contributed by atoms with Crippen molar-refractivity contribution in [3.8, 4) is 0 Å². The van der Waals surface area contributed by atoms with Crippen LogP contribution in [0.3, 0.4) is 0 Å². The zero-order valence-electron chi connectivity index (χ0n) is 12.0. The first-order chi connectivity index (χ1) is 10.6. The van der Waals surface area contributed by atoms with E-state index >= 15 is 0 Å². The van der Waals surface area contributed by atoms with Gasteiger partial charge < -0.3 is 4.74 Å². The maximum Gasteiger partial charge on any atom is 0.313 e. The minimum Gasteiger partial charge on any atom is -0.459 e. The van der Waals surface area contributed by atoms with Crippen molar-refractivity contribution in [2.24, 2.45) is 0 Å². The molecule has 0 aliphatic carbocycles. The molecule has 0 saturated heterocycles. The lowest BCUT2D eigenvalue weighted by Crippen LogP contribution is -2.13. The van der Waals surface area contributed by atoms with Gasteiger partial charge in [0.15, 0.2) is 0 Å². The average molecular weight is 336 g/mol. The van der Waals surface area contributed by atoms with Gasteiger partial charge in [-0.25, -0.2) is 0 Å². The van der Waals surface area contributed by atoms with Crippen LogP contribution in [0.1, 0.15) is 29.7 Å². The van der Waals surface area contributed by atoms with Gasteiger partial charge in [0.05, 0.1) is 11.6 Å². The van der Waals surface area contributed by atoms with Crippen LogP contribution in [0.2, 0.25) is 0 Å². The second-order valence-electron chi connectivity index (χ2n) is 4.75. The maximum atomic E-state index is 12.1. The highest BCUT2D eigenvalue weighted by molar-refractivity contribution is 6.57. The van der Waals surface area contributed by atoms with E-state index in [9.17, 15) is 4.79 Å². The van der Waals surface area contributed by atoms with E-state index in [0.29, 0.717) is 0 Å². The minimum absolute atomic E-state index is 0.173. The number of nitrogens with zero attached hydrogens (tertiary/aromatic N) is 1. The van der Waals surface area contributed by atoms with Gasteiger partial charge in [0, 0.05) is 6.20 Å². The van der Waals surface area contributed by atoms with Crippen LogP contribution in [0.15, 0.2) is 53.2 Å². The number of carbonyl (C=O) groups is 1. The van der Waals surface area contributed by atoms with Crippen LogP contribution in [0.25, 0.3) is 6.08 Å². The molecule has 3 nitrogen and oxygen atoms in total. The molecule has 0 bridgehead atoms. The molecule has 22 heavy (non-hydrogen) atoms. The fraction of sp³-hybridized carbons (Fsp3) is 0.176. The van der Waals surface area contributed by atoms with Crippen molar-refractivity contribution in [1.82, 2.24) is 4.98 Å². The number of esters is 1. The molecule has 0 amide bonds. The Morgan fingerprint density at radius 1 is 1.23 bits per heavy atom. The zero-order chi connectivity index (χ0) is 15.9. The van der Waals surface area contributed by atoms with Crippen LogP contribution >= 0.6 is 23.2 Å². The van der Waals surface area contributed by atoms with E-state index < -0.39 is 0 Å². The summed E-state index contributed by atoms with van der Waals surface area (Å²) in [5.74, 6) is -0.641. The third kappa shape index (κ3) is 4.86. The van der Waals surface area contributed by atoms with Gasteiger partial charge in [-0.05, 0) is 36.3 Å². The van der Waals surface area contributed by atoms with Crippen LogP contribution in [-0.2, 0) is 16.1 Å². The van der Waals surface area contributed by atoms with E-state index in [1.165, 1.54) is 0 Å². The van der Waals surface area contributed by atoms with E-state index in [0.717, 1.165) is 16.8 Å². The predicted octanol–water partition coefficient (Wildman–Crippen LogP) is 4.70. The molecule has 0 radical (unpaired) electrons. The molecule has 0 fully saturated rings. The maximum absolute atomic E-state index is 12.1. The summed E-state index contributed by atoms with van der Waals surface area (Å²) < 4.78 is 5.47. The van der Waals surface area contributed by atoms with Gasteiger partial charge in [-0.2, -0.15) is 0 Å². The van der Waals surface area contributed by atoms with Crippen molar-refractivity contribution in [3.63, 3.8) is 0 Å². The van der Waals surface area contributed by atoms with E-state index in [-0.39, 0.29) is 23.0 Å². The first-order valence-electron chi connectivity index (χ1n) is 6.75. The monoisotopic (exact) mass is 335 g/mol. The Bertz CT molecular complexity index is 650. The quantitative estimate of drug-likeness (QED) is 0.743. The molecule has 2 aromatic rings. The number of aromatic nitrogens is 1. The molecule has 0 spiro atoms. The number of carbonyl (C=O) groups excluding carboxylic acids is 1. The third-order valence-corrected chi connectivity index (χ3v) is 3.37. The van der Waals surface area contributed by atoms with Gasteiger partial charge in [-0.1, -0.05) is 53.5 Å². The molecule has 1 atom stereocenters. The van der Waals surface area contributed by atoms with Gasteiger partial charge in [0.1, 0.15) is 11.1 Å². The second kappa shape index (κ2) is 7.97. The number of ether oxygens (including phenoxy) is 1. The van der Waals surface area contributed by atoms with E-state index in [1.54, 1.807) is 19.2 Å². The highest BCUT2D eigenvalue weighted by Crippen LogP contribution is 2.20. The number of rotatable bonds is 5. The van der Waals surface area contributed by atoms with Crippen molar-refractivity contribution in [1.29, 1.82) is 0 Å². The lowest BCUT2D eigenvalue weighted by Gasteiger charge is -2.12. The van der Waals surface area contributed by atoms with Gasteiger partial charge in [0.25, 0.3) is 0 Å². The smallest absolute Gasteiger partial charge is 0.313 e. The summed E-state index contributed by atoms with van der Waals surface area (Å²) in [6.45, 7) is 1.98. The van der Waals surface area contributed by atoms with Crippen molar-refractivity contribution in [2.75, 3.05) is 0 Å². The van der Waals surface area contributed by atoms with Crippen LogP contribution in [0.4, 0.5) is 0 Å². The van der Waals surface area contributed by atoms with Crippen LogP contribution < -0.4 is 0 Å². The number of pyridine rings is 1.